The van der Waals surface area contributed by atoms with Crippen LogP contribution < -0.4 is 0 Å². The molecule has 2 atom stereocenters. The summed E-state index contributed by atoms with van der Waals surface area (Å²) in [6.07, 6.45) is 3.80. The highest BCUT2D eigenvalue weighted by Crippen LogP contribution is 2.28. The molecular formula is C18H20F2N4O. The standard InChI is InChI=1S/C18H20F2N4O/c19-14-3-1-11(8-15(14)20)7-12-5-6-24(10-12)18(25)13-2-4-16-17(9-13)22-23-21-16/h1,3,8,12-13H,2,4-7,9-10H2,(H,21,22,23)/t12-,13-/m0/s1. The fraction of sp³-hybridized carbons (Fsp3) is 0.500. The minimum atomic E-state index is -0.823. The van der Waals surface area contributed by atoms with Gasteiger partial charge in [0.15, 0.2) is 11.6 Å². The molecule has 1 amide bonds. The molecule has 1 N–H and O–H groups in total. The van der Waals surface area contributed by atoms with Crippen molar-refractivity contribution in [3.05, 3.63) is 46.8 Å². The molecular weight excluding hydrogens is 326 g/mol. The maximum atomic E-state index is 13.3. The van der Waals surface area contributed by atoms with E-state index in [0.29, 0.717) is 25.3 Å². The number of aryl methyl sites for hydroxylation is 1. The minimum absolute atomic E-state index is 0.0281. The smallest absolute Gasteiger partial charge is 0.226 e. The summed E-state index contributed by atoms with van der Waals surface area (Å²) in [5.41, 5.74) is 2.66. The Morgan fingerprint density at radius 1 is 1.20 bits per heavy atom. The van der Waals surface area contributed by atoms with Gasteiger partial charge in [-0.25, -0.2) is 8.78 Å². The molecule has 2 aliphatic rings. The Hall–Kier alpha value is -2.31. The van der Waals surface area contributed by atoms with E-state index in [0.717, 1.165) is 42.8 Å². The zero-order valence-corrected chi connectivity index (χ0v) is 13.8. The van der Waals surface area contributed by atoms with Crippen molar-refractivity contribution in [1.29, 1.82) is 0 Å². The number of fused-ring (bicyclic) bond motifs is 1. The number of halogens is 2. The van der Waals surface area contributed by atoms with Gasteiger partial charge in [0.25, 0.3) is 0 Å². The number of nitrogens with zero attached hydrogens (tertiary/aromatic N) is 3. The molecule has 132 valence electrons. The summed E-state index contributed by atoms with van der Waals surface area (Å²) in [4.78, 5) is 14.7. The van der Waals surface area contributed by atoms with Crippen LogP contribution in [0.5, 0.6) is 0 Å². The number of aromatic nitrogens is 3. The van der Waals surface area contributed by atoms with E-state index in [-0.39, 0.29) is 11.8 Å². The van der Waals surface area contributed by atoms with Gasteiger partial charge in [0, 0.05) is 25.4 Å². The number of aromatic amines is 1. The van der Waals surface area contributed by atoms with Crippen molar-refractivity contribution in [3.63, 3.8) is 0 Å². The molecule has 5 nitrogen and oxygen atoms in total. The van der Waals surface area contributed by atoms with Gasteiger partial charge in [-0.15, -0.1) is 0 Å². The number of nitrogens with one attached hydrogen (secondary N) is 1. The van der Waals surface area contributed by atoms with Crippen molar-refractivity contribution in [1.82, 2.24) is 20.3 Å². The van der Waals surface area contributed by atoms with Crippen LogP contribution in [0.1, 0.15) is 29.8 Å². The van der Waals surface area contributed by atoms with E-state index in [2.05, 4.69) is 15.4 Å². The molecule has 1 aliphatic carbocycles. The second-order valence-electron chi connectivity index (χ2n) is 7.05. The topological polar surface area (TPSA) is 61.9 Å². The van der Waals surface area contributed by atoms with Gasteiger partial charge in [-0.05, 0) is 49.3 Å². The Morgan fingerprint density at radius 3 is 2.88 bits per heavy atom. The lowest BCUT2D eigenvalue weighted by atomic mass is 9.89. The van der Waals surface area contributed by atoms with E-state index in [1.807, 2.05) is 4.90 Å². The van der Waals surface area contributed by atoms with Crippen molar-refractivity contribution in [2.45, 2.75) is 32.1 Å². The number of amides is 1. The highest BCUT2D eigenvalue weighted by molar-refractivity contribution is 5.79. The second kappa shape index (κ2) is 6.54. The third-order valence-corrected chi connectivity index (χ3v) is 5.33. The van der Waals surface area contributed by atoms with Crippen molar-refractivity contribution >= 4 is 5.91 Å². The van der Waals surface area contributed by atoms with Crippen LogP contribution in [-0.4, -0.2) is 39.3 Å². The first-order valence-corrected chi connectivity index (χ1v) is 8.71. The van der Waals surface area contributed by atoms with Gasteiger partial charge >= 0.3 is 0 Å². The number of benzene rings is 1. The number of likely N-dealkylation sites (tertiary alicyclic amines) is 1. The quantitative estimate of drug-likeness (QED) is 0.927. The fourth-order valence-electron chi connectivity index (χ4n) is 3.95. The van der Waals surface area contributed by atoms with Gasteiger partial charge < -0.3 is 4.90 Å². The maximum absolute atomic E-state index is 13.3. The second-order valence-corrected chi connectivity index (χ2v) is 7.05. The van der Waals surface area contributed by atoms with Crippen molar-refractivity contribution in [2.24, 2.45) is 11.8 Å². The lowest BCUT2D eigenvalue weighted by molar-refractivity contribution is -0.135. The fourth-order valence-corrected chi connectivity index (χ4v) is 3.95. The lowest BCUT2D eigenvalue weighted by Gasteiger charge is -2.25. The Bertz CT molecular complexity index is 791. The van der Waals surface area contributed by atoms with Gasteiger partial charge in [-0.2, -0.15) is 15.4 Å². The number of hydrogen-bond donors (Lipinski definition) is 1. The molecule has 0 unspecified atom stereocenters. The van der Waals surface area contributed by atoms with Crippen molar-refractivity contribution < 1.29 is 13.6 Å². The van der Waals surface area contributed by atoms with Crippen LogP contribution in [0.3, 0.4) is 0 Å². The summed E-state index contributed by atoms with van der Waals surface area (Å²) in [6.45, 7) is 1.41. The first-order valence-electron chi connectivity index (χ1n) is 8.71. The molecule has 4 rings (SSSR count). The molecule has 1 aromatic carbocycles. The predicted octanol–water partition coefficient (Wildman–Crippen LogP) is 2.28. The van der Waals surface area contributed by atoms with E-state index in [1.165, 1.54) is 12.1 Å². The van der Waals surface area contributed by atoms with E-state index >= 15 is 0 Å². The van der Waals surface area contributed by atoms with Gasteiger partial charge in [-0.1, -0.05) is 6.07 Å². The van der Waals surface area contributed by atoms with E-state index in [9.17, 15) is 13.6 Å². The molecule has 2 heterocycles. The summed E-state index contributed by atoms with van der Waals surface area (Å²) >= 11 is 0. The molecule has 2 aromatic rings. The SMILES string of the molecule is O=C([C@H]1CCc2n[nH]nc2C1)N1CC[C@@H](Cc2ccc(F)c(F)c2)C1. The minimum Gasteiger partial charge on any atom is -0.342 e. The summed E-state index contributed by atoms with van der Waals surface area (Å²) < 4.78 is 26.4. The Morgan fingerprint density at radius 2 is 2.04 bits per heavy atom. The van der Waals surface area contributed by atoms with Crippen LogP contribution in [0, 0.1) is 23.5 Å². The summed E-state index contributed by atoms with van der Waals surface area (Å²) in [6, 6.07) is 4.04. The van der Waals surface area contributed by atoms with Crippen LogP contribution >= 0.6 is 0 Å². The van der Waals surface area contributed by atoms with Gasteiger partial charge in [0.1, 0.15) is 0 Å². The molecule has 25 heavy (non-hydrogen) atoms. The van der Waals surface area contributed by atoms with Gasteiger partial charge in [-0.3, -0.25) is 4.79 Å². The number of carbonyl (C=O) groups excluding carboxylic acids is 1. The Labute approximate surface area is 144 Å². The molecule has 0 spiro atoms. The first-order chi connectivity index (χ1) is 12.1. The number of H-pyrrole nitrogens is 1. The van der Waals surface area contributed by atoms with Crippen LogP contribution in [-0.2, 0) is 24.1 Å². The van der Waals surface area contributed by atoms with E-state index in [1.54, 1.807) is 6.07 Å². The van der Waals surface area contributed by atoms with Crippen LogP contribution in [0.2, 0.25) is 0 Å². The predicted molar refractivity (Wildman–Crippen MR) is 86.6 cm³/mol. The zero-order chi connectivity index (χ0) is 17.4. The molecule has 0 radical (unpaired) electrons. The first kappa shape index (κ1) is 16.2. The normalized spacial score (nSPS) is 22.9. The molecule has 1 aliphatic heterocycles. The average Bonchev–Trinajstić information content (AvgIpc) is 3.26. The van der Waals surface area contributed by atoms with Gasteiger partial charge in [0.2, 0.25) is 5.91 Å². The van der Waals surface area contributed by atoms with Gasteiger partial charge in [0.05, 0.1) is 11.4 Å². The summed E-state index contributed by atoms with van der Waals surface area (Å²) in [5, 5.41) is 10.9. The molecule has 1 aromatic heterocycles. The number of rotatable bonds is 3. The molecule has 1 saturated heterocycles. The van der Waals surface area contributed by atoms with Crippen LogP contribution in [0.25, 0.3) is 0 Å². The maximum Gasteiger partial charge on any atom is 0.226 e. The molecule has 7 heteroatoms. The monoisotopic (exact) mass is 346 g/mol. The third-order valence-electron chi connectivity index (χ3n) is 5.33. The van der Waals surface area contributed by atoms with Crippen molar-refractivity contribution in [2.75, 3.05) is 13.1 Å². The molecule has 0 saturated carbocycles. The third kappa shape index (κ3) is 3.27. The van der Waals surface area contributed by atoms with Crippen molar-refractivity contribution in [3.8, 4) is 0 Å². The summed E-state index contributed by atoms with van der Waals surface area (Å²) in [7, 11) is 0. The molecule has 1 fully saturated rings. The molecule has 0 bridgehead atoms. The Kier molecular flexibility index (Phi) is 4.23. The lowest BCUT2D eigenvalue weighted by Crippen LogP contribution is -2.37. The largest absolute Gasteiger partial charge is 0.342 e. The van der Waals surface area contributed by atoms with E-state index < -0.39 is 11.6 Å². The Balaban J connectivity index is 1.35. The highest BCUT2D eigenvalue weighted by atomic mass is 19.2. The highest BCUT2D eigenvalue weighted by Gasteiger charge is 2.34. The zero-order valence-electron chi connectivity index (χ0n) is 13.8. The van der Waals surface area contributed by atoms with Crippen LogP contribution in [0.4, 0.5) is 8.78 Å². The number of hydrogen-bond acceptors (Lipinski definition) is 3. The average molecular weight is 346 g/mol. The number of carbonyl (C=O) groups is 1. The van der Waals surface area contributed by atoms with E-state index in [4.69, 9.17) is 0 Å². The van der Waals surface area contributed by atoms with Crippen LogP contribution in [0.15, 0.2) is 18.2 Å². The summed E-state index contributed by atoms with van der Waals surface area (Å²) in [5.74, 6) is -1.19.